The molecule has 6 nitrogen and oxygen atoms in total. The van der Waals surface area contributed by atoms with Crippen molar-refractivity contribution >= 4 is 18.2 Å². The average Bonchev–Trinajstić information content (AvgIpc) is 2.08. The molecule has 0 saturated heterocycles. The van der Waals surface area contributed by atoms with Gasteiger partial charge in [-0.3, -0.25) is 4.99 Å². The first kappa shape index (κ1) is 10.2. The van der Waals surface area contributed by atoms with Crippen LogP contribution in [-0.4, -0.2) is 35.0 Å². The maximum atomic E-state index is 9.10. The van der Waals surface area contributed by atoms with Crippen LogP contribution in [0.1, 0.15) is 0 Å². The van der Waals surface area contributed by atoms with E-state index in [4.69, 9.17) is 24.5 Å². The third-order valence-corrected chi connectivity index (χ3v) is 0.702. The number of aliphatic imine (C=N–C) groups is 1. The minimum atomic E-state index is -1.82. The van der Waals surface area contributed by atoms with Crippen molar-refractivity contribution in [3.05, 3.63) is 12.5 Å². The van der Waals surface area contributed by atoms with Gasteiger partial charge < -0.3 is 14.9 Å². The molecule has 0 amide bonds. The van der Waals surface area contributed by atoms with Crippen molar-refractivity contribution in [2.45, 2.75) is 0 Å². The van der Waals surface area contributed by atoms with Gasteiger partial charge in [-0.2, -0.15) is 0 Å². The van der Waals surface area contributed by atoms with Crippen molar-refractivity contribution in [2.75, 3.05) is 6.61 Å². The number of hydrogen-bond donors (Lipinski definition) is 2. The number of aliphatic carboxylic acids is 2. The zero-order chi connectivity index (χ0) is 9.40. The first-order valence-electron chi connectivity index (χ1n) is 2.89. The number of carboxylic acids is 2. The SMILES string of the molecule is C1=COCC=N1.O=C(O)C(=O)O. The maximum absolute atomic E-state index is 9.10. The van der Waals surface area contributed by atoms with Gasteiger partial charge in [0.15, 0.2) is 0 Å². The highest BCUT2D eigenvalue weighted by Gasteiger charge is 2.04. The third-order valence-electron chi connectivity index (χ3n) is 0.702. The summed E-state index contributed by atoms with van der Waals surface area (Å²) in [4.78, 5) is 21.9. The lowest BCUT2D eigenvalue weighted by Gasteiger charge is -1.94. The molecule has 0 aliphatic carbocycles. The van der Waals surface area contributed by atoms with Gasteiger partial charge in [0.2, 0.25) is 0 Å². The van der Waals surface area contributed by atoms with E-state index in [2.05, 4.69) is 4.99 Å². The highest BCUT2D eigenvalue weighted by atomic mass is 16.5. The Bertz CT molecular complexity index is 196. The van der Waals surface area contributed by atoms with Gasteiger partial charge in [-0.15, -0.1) is 0 Å². The Labute approximate surface area is 67.8 Å². The highest BCUT2D eigenvalue weighted by molar-refractivity contribution is 6.27. The minimum Gasteiger partial charge on any atom is -0.494 e. The minimum absolute atomic E-state index is 0.622. The van der Waals surface area contributed by atoms with Crippen LogP contribution < -0.4 is 0 Å². The van der Waals surface area contributed by atoms with E-state index in [-0.39, 0.29) is 0 Å². The lowest BCUT2D eigenvalue weighted by atomic mass is 10.7. The fourth-order valence-corrected chi connectivity index (χ4v) is 0.281. The van der Waals surface area contributed by atoms with Crippen LogP contribution in [0, 0.1) is 0 Å². The van der Waals surface area contributed by atoms with E-state index < -0.39 is 11.9 Å². The molecule has 0 spiro atoms. The van der Waals surface area contributed by atoms with Gasteiger partial charge in [0.25, 0.3) is 0 Å². The van der Waals surface area contributed by atoms with E-state index in [1.165, 1.54) is 0 Å². The molecule has 66 valence electrons. The molecule has 2 N–H and O–H groups in total. The number of rotatable bonds is 0. The first-order chi connectivity index (χ1) is 5.64. The molecule has 0 unspecified atom stereocenters. The van der Waals surface area contributed by atoms with E-state index in [1.54, 1.807) is 18.7 Å². The summed E-state index contributed by atoms with van der Waals surface area (Å²) < 4.78 is 4.74. The Morgan fingerprint density at radius 1 is 1.33 bits per heavy atom. The van der Waals surface area contributed by atoms with E-state index in [9.17, 15) is 0 Å². The largest absolute Gasteiger partial charge is 0.494 e. The summed E-state index contributed by atoms with van der Waals surface area (Å²) in [5.41, 5.74) is 0. The van der Waals surface area contributed by atoms with Crippen LogP contribution in [0.25, 0.3) is 0 Å². The summed E-state index contributed by atoms with van der Waals surface area (Å²) >= 11 is 0. The van der Waals surface area contributed by atoms with Crippen LogP contribution in [0.2, 0.25) is 0 Å². The summed E-state index contributed by atoms with van der Waals surface area (Å²) in [6.45, 7) is 0.622. The quantitative estimate of drug-likeness (QED) is 0.491. The van der Waals surface area contributed by atoms with Crippen LogP contribution in [0.15, 0.2) is 17.5 Å². The van der Waals surface area contributed by atoms with Crippen molar-refractivity contribution in [3.8, 4) is 0 Å². The molecule has 0 radical (unpaired) electrons. The molecule has 1 aliphatic rings. The molecule has 1 rings (SSSR count). The summed E-state index contributed by atoms with van der Waals surface area (Å²) in [6.07, 6.45) is 4.89. The van der Waals surface area contributed by atoms with Crippen LogP contribution in [0.3, 0.4) is 0 Å². The summed E-state index contributed by atoms with van der Waals surface area (Å²) in [5.74, 6) is -3.65. The molecule has 12 heavy (non-hydrogen) atoms. The molecule has 0 aromatic rings. The zero-order valence-corrected chi connectivity index (χ0v) is 6.01. The average molecular weight is 173 g/mol. The van der Waals surface area contributed by atoms with Crippen LogP contribution >= 0.6 is 0 Å². The van der Waals surface area contributed by atoms with Crippen LogP contribution in [0.5, 0.6) is 0 Å². The first-order valence-corrected chi connectivity index (χ1v) is 2.89. The fraction of sp³-hybridized carbons (Fsp3) is 0.167. The molecule has 0 fully saturated rings. The van der Waals surface area contributed by atoms with Crippen molar-refractivity contribution in [3.63, 3.8) is 0 Å². The molecule has 0 atom stereocenters. The van der Waals surface area contributed by atoms with Crippen molar-refractivity contribution in [1.82, 2.24) is 0 Å². The molecule has 0 aromatic heterocycles. The molecular formula is C6H7NO5. The number of carboxylic acid groups (broad SMARTS) is 2. The second-order valence-electron chi connectivity index (χ2n) is 1.56. The molecule has 6 heteroatoms. The monoisotopic (exact) mass is 173 g/mol. The predicted molar refractivity (Wildman–Crippen MR) is 38.9 cm³/mol. The summed E-state index contributed by atoms with van der Waals surface area (Å²) in [6, 6.07) is 0. The fourth-order valence-electron chi connectivity index (χ4n) is 0.281. The Morgan fingerprint density at radius 3 is 2.00 bits per heavy atom. The van der Waals surface area contributed by atoms with Crippen LogP contribution in [-0.2, 0) is 14.3 Å². The van der Waals surface area contributed by atoms with Gasteiger partial charge in [0.1, 0.15) is 12.9 Å². The molecule has 1 aliphatic heterocycles. The zero-order valence-electron chi connectivity index (χ0n) is 6.01. The Morgan fingerprint density at radius 2 is 1.92 bits per heavy atom. The van der Waals surface area contributed by atoms with Gasteiger partial charge in [0, 0.05) is 6.21 Å². The Balaban J connectivity index is 0.000000202. The summed E-state index contributed by atoms with van der Waals surface area (Å²) in [7, 11) is 0. The van der Waals surface area contributed by atoms with Gasteiger partial charge in [0.05, 0.1) is 6.20 Å². The summed E-state index contributed by atoms with van der Waals surface area (Å²) in [5, 5.41) is 14.8. The number of nitrogens with zero attached hydrogens (tertiary/aromatic N) is 1. The predicted octanol–water partition coefficient (Wildman–Crippen LogP) is -0.286. The lowest BCUT2D eigenvalue weighted by molar-refractivity contribution is -0.159. The van der Waals surface area contributed by atoms with Crippen LogP contribution in [0.4, 0.5) is 0 Å². The second kappa shape index (κ2) is 5.90. The molecule has 0 saturated carbocycles. The van der Waals surface area contributed by atoms with Gasteiger partial charge in [-0.25, -0.2) is 9.59 Å². The normalized spacial score (nSPS) is 12.3. The molecule has 0 bridgehead atoms. The van der Waals surface area contributed by atoms with Gasteiger partial charge in [-0.05, 0) is 0 Å². The highest BCUT2D eigenvalue weighted by Crippen LogP contribution is 1.82. The molecular weight excluding hydrogens is 166 g/mol. The van der Waals surface area contributed by atoms with Crippen molar-refractivity contribution in [2.24, 2.45) is 4.99 Å². The standard InChI is InChI=1S/C4H5NO.C2H2O4/c1-3-6-4-2-5-1;3-1(4)2(5)6/h1-3H,4H2;(H,3,4)(H,5,6). The van der Waals surface area contributed by atoms with E-state index in [1.807, 2.05) is 0 Å². The number of hydrogen-bond acceptors (Lipinski definition) is 4. The Kier molecular flexibility index (Phi) is 4.99. The smallest absolute Gasteiger partial charge is 0.414 e. The van der Waals surface area contributed by atoms with E-state index >= 15 is 0 Å². The number of ether oxygens (including phenoxy) is 1. The second-order valence-corrected chi connectivity index (χ2v) is 1.56. The number of carbonyl (C=O) groups is 2. The van der Waals surface area contributed by atoms with Crippen molar-refractivity contribution in [1.29, 1.82) is 0 Å². The maximum Gasteiger partial charge on any atom is 0.414 e. The van der Waals surface area contributed by atoms with Gasteiger partial charge >= 0.3 is 11.9 Å². The molecule has 0 aromatic carbocycles. The topological polar surface area (TPSA) is 96.2 Å². The molecule has 1 heterocycles. The van der Waals surface area contributed by atoms with Crippen molar-refractivity contribution < 1.29 is 24.5 Å². The third kappa shape index (κ3) is 6.27. The van der Waals surface area contributed by atoms with E-state index in [0.29, 0.717) is 6.61 Å². The van der Waals surface area contributed by atoms with E-state index in [0.717, 1.165) is 0 Å². The Hall–Kier alpha value is -1.85. The van der Waals surface area contributed by atoms with Gasteiger partial charge in [-0.1, -0.05) is 0 Å². The lowest BCUT2D eigenvalue weighted by Crippen LogP contribution is -2.09.